The predicted octanol–water partition coefficient (Wildman–Crippen LogP) is 3.60. The van der Waals surface area contributed by atoms with Gasteiger partial charge in [-0.25, -0.2) is 0 Å². The highest BCUT2D eigenvalue weighted by atomic mass is 16.7. The Kier molecular flexibility index (Phi) is 6.25. The zero-order chi connectivity index (χ0) is 14.2. The summed E-state index contributed by atoms with van der Waals surface area (Å²) >= 11 is 0. The zero-order valence-corrected chi connectivity index (χ0v) is 12.0. The van der Waals surface area contributed by atoms with Crippen molar-refractivity contribution in [2.45, 2.75) is 44.5 Å². The van der Waals surface area contributed by atoms with Gasteiger partial charge >= 0.3 is 0 Å². The van der Waals surface area contributed by atoms with E-state index in [1.54, 1.807) is 0 Å². The molecule has 0 aromatic heterocycles. The van der Waals surface area contributed by atoms with Crippen LogP contribution in [0.25, 0.3) is 0 Å². The van der Waals surface area contributed by atoms with E-state index in [-0.39, 0.29) is 6.29 Å². The van der Waals surface area contributed by atoms with Crippen LogP contribution >= 0.6 is 0 Å². The summed E-state index contributed by atoms with van der Waals surface area (Å²) in [5, 5.41) is 10.1. The van der Waals surface area contributed by atoms with Crippen molar-refractivity contribution in [1.29, 1.82) is 0 Å². The van der Waals surface area contributed by atoms with E-state index in [1.165, 1.54) is 0 Å². The molecule has 1 aliphatic heterocycles. The molecule has 20 heavy (non-hydrogen) atoms. The monoisotopic (exact) mass is 276 g/mol. The third kappa shape index (κ3) is 5.08. The maximum Gasteiger partial charge on any atom is 0.157 e. The molecular formula is C17H24O3. The highest BCUT2D eigenvalue weighted by Crippen LogP contribution is 2.23. The summed E-state index contributed by atoms with van der Waals surface area (Å²) in [5.41, 5.74) is 2.03. The fourth-order valence-electron chi connectivity index (χ4n) is 2.39. The van der Waals surface area contributed by atoms with Crippen LogP contribution in [0.3, 0.4) is 0 Å². The van der Waals surface area contributed by atoms with Gasteiger partial charge < -0.3 is 14.6 Å². The lowest BCUT2D eigenvalue weighted by atomic mass is 9.99. The van der Waals surface area contributed by atoms with E-state index in [0.29, 0.717) is 6.42 Å². The molecule has 0 radical (unpaired) electrons. The highest BCUT2D eigenvalue weighted by molar-refractivity contribution is 5.18. The van der Waals surface area contributed by atoms with E-state index in [9.17, 15) is 5.11 Å². The van der Waals surface area contributed by atoms with Gasteiger partial charge in [-0.3, -0.25) is 0 Å². The Hall–Kier alpha value is -1.16. The van der Waals surface area contributed by atoms with Crippen molar-refractivity contribution in [2.75, 3.05) is 13.2 Å². The third-order valence-corrected chi connectivity index (χ3v) is 3.53. The van der Waals surface area contributed by atoms with Gasteiger partial charge in [0.15, 0.2) is 6.29 Å². The van der Waals surface area contributed by atoms with Crippen molar-refractivity contribution in [2.24, 2.45) is 0 Å². The number of hydrogen-bond donors (Lipinski definition) is 1. The first-order chi connectivity index (χ1) is 9.75. The lowest BCUT2D eigenvalue weighted by molar-refractivity contribution is -0.181. The van der Waals surface area contributed by atoms with Crippen LogP contribution in [-0.2, 0) is 9.47 Å². The van der Waals surface area contributed by atoms with Crippen LogP contribution in [0.2, 0.25) is 0 Å². The molecular weight excluding hydrogens is 252 g/mol. The molecule has 3 nitrogen and oxygen atoms in total. The summed E-state index contributed by atoms with van der Waals surface area (Å²) in [6.07, 6.45) is 3.92. The second-order valence-electron chi connectivity index (χ2n) is 5.30. The fraction of sp³-hybridized carbons (Fsp3) is 0.529. The molecule has 3 heteroatoms. The Morgan fingerprint density at radius 1 is 1.25 bits per heavy atom. The third-order valence-electron chi connectivity index (χ3n) is 3.53. The lowest BCUT2D eigenvalue weighted by Crippen LogP contribution is -2.24. The molecule has 0 bridgehead atoms. The molecule has 1 unspecified atom stereocenters. The normalized spacial score (nSPS) is 17.9. The summed E-state index contributed by atoms with van der Waals surface area (Å²) in [6.45, 7) is 5.67. The number of rotatable bonds is 7. The maximum absolute atomic E-state index is 10.1. The summed E-state index contributed by atoms with van der Waals surface area (Å²) in [6, 6.07) is 9.73. The molecule has 0 saturated carbocycles. The van der Waals surface area contributed by atoms with Crippen molar-refractivity contribution in [3.05, 3.63) is 48.0 Å². The van der Waals surface area contributed by atoms with Gasteiger partial charge in [0, 0.05) is 0 Å². The number of hydrogen-bond acceptors (Lipinski definition) is 3. The first-order valence-corrected chi connectivity index (χ1v) is 7.38. The molecule has 1 N–H and O–H groups in total. The van der Waals surface area contributed by atoms with Crippen molar-refractivity contribution >= 4 is 0 Å². The Morgan fingerprint density at radius 3 is 2.65 bits per heavy atom. The molecule has 1 fully saturated rings. The minimum absolute atomic E-state index is 0.0457. The van der Waals surface area contributed by atoms with Gasteiger partial charge in [-0.1, -0.05) is 42.5 Å². The van der Waals surface area contributed by atoms with Gasteiger partial charge in [-0.15, -0.1) is 0 Å². The molecule has 0 aliphatic carbocycles. The van der Waals surface area contributed by atoms with Crippen LogP contribution in [0, 0.1) is 0 Å². The predicted molar refractivity (Wildman–Crippen MR) is 79.3 cm³/mol. The first kappa shape index (κ1) is 15.2. The molecule has 1 heterocycles. The molecule has 0 amide bonds. The van der Waals surface area contributed by atoms with Crippen LogP contribution in [0.1, 0.15) is 43.8 Å². The average Bonchev–Trinajstić information content (AvgIpc) is 2.49. The minimum Gasteiger partial charge on any atom is -0.388 e. The molecule has 1 aromatic carbocycles. The second kappa shape index (κ2) is 8.20. The summed E-state index contributed by atoms with van der Waals surface area (Å²) in [7, 11) is 0. The summed E-state index contributed by atoms with van der Waals surface area (Å²) in [4.78, 5) is 0. The van der Waals surface area contributed by atoms with E-state index in [0.717, 1.165) is 50.0 Å². The summed E-state index contributed by atoms with van der Waals surface area (Å²) in [5.74, 6) is 0. The highest BCUT2D eigenvalue weighted by Gasteiger charge is 2.14. The zero-order valence-electron chi connectivity index (χ0n) is 12.0. The van der Waals surface area contributed by atoms with Gasteiger partial charge in [0.25, 0.3) is 0 Å². The van der Waals surface area contributed by atoms with Gasteiger partial charge in [0.05, 0.1) is 19.3 Å². The molecule has 2 rings (SSSR count). The maximum atomic E-state index is 10.1. The Morgan fingerprint density at radius 2 is 1.95 bits per heavy atom. The van der Waals surface area contributed by atoms with Crippen LogP contribution in [0.4, 0.5) is 0 Å². The second-order valence-corrected chi connectivity index (χ2v) is 5.30. The van der Waals surface area contributed by atoms with Crippen molar-refractivity contribution in [3.63, 3.8) is 0 Å². The SMILES string of the molecule is C=C(CCCC1OCCCO1)CC(O)c1ccccc1. The van der Waals surface area contributed by atoms with Gasteiger partial charge in [-0.05, 0) is 37.7 Å². The Balaban J connectivity index is 1.65. The molecule has 110 valence electrons. The quantitative estimate of drug-likeness (QED) is 0.773. The van der Waals surface area contributed by atoms with Gasteiger partial charge in [0.1, 0.15) is 0 Å². The number of ether oxygens (including phenoxy) is 2. The van der Waals surface area contributed by atoms with E-state index in [2.05, 4.69) is 6.58 Å². The molecule has 1 aliphatic rings. The lowest BCUT2D eigenvalue weighted by Gasteiger charge is -2.23. The van der Waals surface area contributed by atoms with Crippen LogP contribution in [0.5, 0.6) is 0 Å². The minimum atomic E-state index is -0.453. The number of aliphatic hydroxyl groups excluding tert-OH is 1. The Bertz CT molecular complexity index is 396. The van der Waals surface area contributed by atoms with Crippen LogP contribution in [-0.4, -0.2) is 24.6 Å². The van der Waals surface area contributed by atoms with E-state index in [1.807, 2.05) is 30.3 Å². The fourth-order valence-corrected chi connectivity index (χ4v) is 2.39. The average molecular weight is 276 g/mol. The van der Waals surface area contributed by atoms with E-state index < -0.39 is 6.10 Å². The molecule has 1 saturated heterocycles. The topological polar surface area (TPSA) is 38.7 Å². The van der Waals surface area contributed by atoms with E-state index >= 15 is 0 Å². The first-order valence-electron chi connectivity index (χ1n) is 7.38. The van der Waals surface area contributed by atoms with Crippen molar-refractivity contribution in [1.82, 2.24) is 0 Å². The van der Waals surface area contributed by atoms with Crippen LogP contribution < -0.4 is 0 Å². The largest absolute Gasteiger partial charge is 0.388 e. The standard InChI is InChI=1S/C17H24O3/c1-14(7-5-10-17-19-11-6-12-20-17)13-16(18)15-8-3-2-4-9-15/h2-4,8-9,16-18H,1,5-7,10-13H2. The van der Waals surface area contributed by atoms with Crippen molar-refractivity contribution in [3.8, 4) is 0 Å². The van der Waals surface area contributed by atoms with Gasteiger partial charge in [0.2, 0.25) is 0 Å². The smallest absolute Gasteiger partial charge is 0.157 e. The molecule has 0 spiro atoms. The van der Waals surface area contributed by atoms with E-state index in [4.69, 9.17) is 9.47 Å². The number of benzene rings is 1. The number of aliphatic hydroxyl groups is 1. The molecule has 1 aromatic rings. The van der Waals surface area contributed by atoms with Crippen molar-refractivity contribution < 1.29 is 14.6 Å². The Labute approximate surface area is 121 Å². The van der Waals surface area contributed by atoms with Crippen LogP contribution in [0.15, 0.2) is 42.5 Å². The van der Waals surface area contributed by atoms with Gasteiger partial charge in [-0.2, -0.15) is 0 Å². The summed E-state index contributed by atoms with van der Waals surface area (Å²) < 4.78 is 11.0. The molecule has 1 atom stereocenters.